The van der Waals surface area contributed by atoms with Crippen molar-refractivity contribution in [3.8, 4) is 0 Å². The summed E-state index contributed by atoms with van der Waals surface area (Å²) in [4.78, 5) is 12.1. The average Bonchev–Trinajstić information content (AvgIpc) is 2.48. The SMILES string of the molecule is CN(C)Cc1cc(CNc2ccc([N+](=O)[O-])cc2)ccc1F. The Kier molecular flexibility index (Phi) is 5.06. The maximum Gasteiger partial charge on any atom is 0.269 e. The normalized spacial score (nSPS) is 10.7. The molecule has 0 atom stereocenters. The first-order chi connectivity index (χ1) is 10.5. The summed E-state index contributed by atoms with van der Waals surface area (Å²) >= 11 is 0. The number of halogens is 1. The van der Waals surface area contributed by atoms with E-state index in [9.17, 15) is 14.5 Å². The van der Waals surface area contributed by atoms with Crippen molar-refractivity contribution in [1.82, 2.24) is 4.90 Å². The zero-order valence-corrected chi connectivity index (χ0v) is 12.5. The van der Waals surface area contributed by atoms with Gasteiger partial charge >= 0.3 is 0 Å². The lowest BCUT2D eigenvalue weighted by Crippen LogP contribution is -2.12. The molecule has 2 aromatic carbocycles. The van der Waals surface area contributed by atoms with E-state index in [2.05, 4.69) is 5.32 Å². The minimum Gasteiger partial charge on any atom is -0.381 e. The third-order valence-electron chi connectivity index (χ3n) is 3.17. The van der Waals surface area contributed by atoms with Gasteiger partial charge in [0, 0.05) is 36.5 Å². The maximum atomic E-state index is 13.7. The van der Waals surface area contributed by atoms with Crippen LogP contribution in [0.5, 0.6) is 0 Å². The molecule has 0 amide bonds. The van der Waals surface area contributed by atoms with Crippen LogP contribution in [0.1, 0.15) is 11.1 Å². The summed E-state index contributed by atoms with van der Waals surface area (Å²) in [5, 5.41) is 13.8. The van der Waals surface area contributed by atoms with E-state index in [-0.39, 0.29) is 11.5 Å². The summed E-state index contributed by atoms with van der Waals surface area (Å²) in [5.74, 6) is -0.215. The summed E-state index contributed by atoms with van der Waals surface area (Å²) in [6.45, 7) is 1.07. The molecule has 0 aliphatic heterocycles. The molecule has 22 heavy (non-hydrogen) atoms. The Morgan fingerprint density at radius 3 is 2.45 bits per heavy atom. The topological polar surface area (TPSA) is 58.4 Å². The van der Waals surface area contributed by atoms with Crippen LogP contribution >= 0.6 is 0 Å². The highest BCUT2D eigenvalue weighted by Gasteiger charge is 2.06. The van der Waals surface area contributed by atoms with E-state index in [0.717, 1.165) is 11.3 Å². The average molecular weight is 303 g/mol. The van der Waals surface area contributed by atoms with Gasteiger partial charge in [0.15, 0.2) is 0 Å². The van der Waals surface area contributed by atoms with Gasteiger partial charge in [-0.25, -0.2) is 4.39 Å². The van der Waals surface area contributed by atoms with Crippen LogP contribution in [0.3, 0.4) is 0 Å². The second kappa shape index (κ2) is 7.00. The quantitative estimate of drug-likeness (QED) is 0.656. The smallest absolute Gasteiger partial charge is 0.269 e. The van der Waals surface area contributed by atoms with Crippen molar-refractivity contribution in [1.29, 1.82) is 0 Å². The van der Waals surface area contributed by atoms with Crippen molar-refractivity contribution >= 4 is 11.4 Å². The zero-order valence-electron chi connectivity index (χ0n) is 12.5. The number of anilines is 1. The fourth-order valence-electron chi connectivity index (χ4n) is 2.11. The van der Waals surface area contributed by atoms with Gasteiger partial charge in [-0.1, -0.05) is 6.07 Å². The number of hydrogen-bond acceptors (Lipinski definition) is 4. The molecule has 0 saturated carbocycles. The first-order valence-corrected chi connectivity index (χ1v) is 6.86. The third kappa shape index (κ3) is 4.26. The fraction of sp³-hybridized carbons (Fsp3) is 0.250. The molecule has 1 N–H and O–H groups in total. The van der Waals surface area contributed by atoms with Gasteiger partial charge in [0.05, 0.1) is 4.92 Å². The van der Waals surface area contributed by atoms with E-state index in [1.54, 1.807) is 18.2 Å². The van der Waals surface area contributed by atoms with Crippen LogP contribution in [0.2, 0.25) is 0 Å². The predicted octanol–water partition coefficient (Wildman–Crippen LogP) is 3.41. The van der Waals surface area contributed by atoms with Gasteiger partial charge in [0.25, 0.3) is 5.69 Å². The van der Waals surface area contributed by atoms with Crippen LogP contribution < -0.4 is 5.32 Å². The molecule has 0 fully saturated rings. The highest BCUT2D eigenvalue weighted by atomic mass is 19.1. The first kappa shape index (κ1) is 15.9. The van der Waals surface area contributed by atoms with Gasteiger partial charge in [-0.2, -0.15) is 0 Å². The van der Waals surface area contributed by atoms with E-state index >= 15 is 0 Å². The highest BCUT2D eigenvalue weighted by Crippen LogP contribution is 2.17. The number of nitrogens with zero attached hydrogens (tertiary/aromatic N) is 2. The van der Waals surface area contributed by atoms with Crippen molar-refractivity contribution in [3.63, 3.8) is 0 Å². The minimum atomic E-state index is -0.433. The Labute approximate surface area is 128 Å². The van der Waals surface area contributed by atoms with Crippen LogP contribution in [0, 0.1) is 15.9 Å². The van der Waals surface area contributed by atoms with Crippen molar-refractivity contribution in [2.75, 3.05) is 19.4 Å². The van der Waals surface area contributed by atoms with E-state index in [1.165, 1.54) is 18.2 Å². The number of nitro benzene ring substituents is 1. The van der Waals surface area contributed by atoms with Crippen molar-refractivity contribution in [3.05, 3.63) is 69.5 Å². The summed E-state index contributed by atoms with van der Waals surface area (Å²) < 4.78 is 13.7. The van der Waals surface area contributed by atoms with Crippen LogP contribution in [-0.4, -0.2) is 23.9 Å². The second-order valence-electron chi connectivity index (χ2n) is 5.32. The molecule has 5 nitrogen and oxygen atoms in total. The fourth-order valence-corrected chi connectivity index (χ4v) is 2.11. The largest absolute Gasteiger partial charge is 0.381 e. The van der Waals surface area contributed by atoms with Crippen LogP contribution in [0.25, 0.3) is 0 Å². The standard InChI is InChI=1S/C16H18FN3O2/c1-19(2)11-13-9-12(3-8-16(13)17)10-18-14-4-6-15(7-5-14)20(21)22/h3-9,18H,10-11H2,1-2H3. The van der Waals surface area contributed by atoms with Gasteiger partial charge in [-0.15, -0.1) is 0 Å². The Hall–Kier alpha value is -2.47. The predicted molar refractivity (Wildman–Crippen MR) is 84.2 cm³/mol. The minimum absolute atomic E-state index is 0.0561. The van der Waals surface area contributed by atoms with Crippen molar-refractivity contribution in [2.45, 2.75) is 13.1 Å². The summed E-state index contributed by atoms with van der Waals surface area (Å²) in [6, 6.07) is 11.2. The second-order valence-corrected chi connectivity index (χ2v) is 5.32. The lowest BCUT2D eigenvalue weighted by Gasteiger charge is -2.13. The van der Waals surface area contributed by atoms with Crippen molar-refractivity contribution in [2.24, 2.45) is 0 Å². The van der Waals surface area contributed by atoms with Crippen LogP contribution in [-0.2, 0) is 13.1 Å². The number of nitro groups is 1. The van der Waals surface area contributed by atoms with Gasteiger partial charge in [-0.3, -0.25) is 10.1 Å². The zero-order chi connectivity index (χ0) is 16.1. The van der Waals surface area contributed by atoms with Crippen molar-refractivity contribution < 1.29 is 9.31 Å². The molecular weight excluding hydrogens is 285 g/mol. The number of benzene rings is 2. The number of rotatable bonds is 6. The molecular formula is C16H18FN3O2. The van der Waals surface area contributed by atoms with Crippen LogP contribution in [0.15, 0.2) is 42.5 Å². The monoisotopic (exact) mass is 303 g/mol. The Morgan fingerprint density at radius 2 is 1.86 bits per heavy atom. The third-order valence-corrected chi connectivity index (χ3v) is 3.17. The molecule has 0 heterocycles. The molecule has 0 aliphatic rings. The molecule has 0 spiro atoms. The summed E-state index contributed by atoms with van der Waals surface area (Å²) in [6.07, 6.45) is 0. The molecule has 116 valence electrons. The first-order valence-electron chi connectivity index (χ1n) is 6.86. The lowest BCUT2D eigenvalue weighted by molar-refractivity contribution is -0.384. The molecule has 2 aromatic rings. The van der Waals surface area contributed by atoms with Gasteiger partial charge in [0.2, 0.25) is 0 Å². The number of hydrogen-bond donors (Lipinski definition) is 1. The Morgan fingerprint density at radius 1 is 1.18 bits per heavy atom. The summed E-state index contributed by atoms with van der Waals surface area (Å²) in [7, 11) is 3.78. The lowest BCUT2D eigenvalue weighted by atomic mass is 10.1. The number of nitrogens with one attached hydrogen (secondary N) is 1. The maximum absolute atomic E-state index is 13.7. The molecule has 0 unspecified atom stereocenters. The summed E-state index contributed by atoms with van der Waals surface area (Å²) in [5.41, 5.74) is 2.44. The molecule has 6 heteroatoms. The van der Waals surface area contributed by atoms with Gasteiger partial charge in [-0.05, 0) is 43.9 Å². The van der Waals surface area contributed by atoms with E-state index < -0.39 is 4.92 Å². The van der Waals surface area contributed by atoms with E-state index in [4.69, 9.17) is 0 Å². The van der Waals surface area contributed by atoms with Crippen LogP contribution in [0.4, 0.5) is 15.8 Å². The van der Waals surface area contributed by atoms with E-state index in [0.29, 0.717) is 18.7 Å². The molecule has 0 aliphatic carbocycles. The molecule has 0 radical (unpaired) electrons. The van der Waals surface area contributed by atoms with Gasteiger partial charge in [0.1, 0.15) is 5.82 Å². The highest BCUT2D eigenvalue weighted by molar-refractivity contribution is 5.48. The molecule has 0 bridgehead atoms. The number of non-ortho nitro benzene ring substituents is 1. The molecule has 2 rings (SSSR count). The molecule has 0 saturated heterocycles. The van der Waals surface area contributed by atoms with E-state index in [1.807, 2.05) is 25.1 Å². The molecule has 0 aromatic heterocycles. The Balaban J connectivity index is 2.03. The Bertz CT molecular complexity index is 657. The van der Waals surface area contributed by atoms with Gasteiger partial charge < -0.3 is 10.2 Å².